The normalized spacial score (nSPS) is 13.0. The second-order valence-electron chi connectivity index (χ2n) is 22.3. The molecule has 6 heteroatoms. The zero-order valence-electron chi connectivity index (χ0n) is 53.5. The molecule has 0 heterocycles. The van der Waals surface area contributed by atoms with E-state index in [4.69, 9.17) is 14.2 Å². The number of hydrogen-bond donors (Lipinski definition) is 0. The summed E-state index contributed by atoms with van der Waals surface area (Å²) in [6, 6.07) is 0. The van der Waals surface area contributed by atoms with Crippen LogP contribution in [-0.4, -0.2) is 37.2 Å². The number of carbonyl (C=O) groups is 3. The molecule has 0 aliphatic rings. The van der Waals surface area contributed by atoms with Gasteiger partial charge in [-0.2, -0.15) is 0 Å². The van der Waals surface area contributed by atoms with Crippen LogP contribution >= 0.6 is 0 Å². The number of esters is 3. The quantitative estimate of drug-likeness (QED) is 0.0261. The topological polar surface area (TPSA) is 78.9 Å². The lowest BCUT2D eigenvalue weighted by molar-refractivity contribution is -0.167. The first-order valence-electron chi connectivity index (χ1n) is 34.2. The maximum atomic E-state index is 12.9. The summed E-state index contributed by atoms with van der Waals surface area (Å²) in [6.07, 6.45) is 97.5. The molecule has 82 heavy (non-hydrogen) atoms. The summed E-state index contributed by atoms with van der Waals surface area (Å²) in [5, 5.41) is 0. The van der Waals surface area contributed by atoms with E-state index in [2.05, 4.69) is 154 Å². The molecule has 0 fully saturated rings. The van der Waals surface area contributed by atoms with E-state index in [-0.39, 0.29) is 31.1 Å². The van der Waals surface area contributed by atoms with Gasteiger partial charge in [0.05, 0.1) is 0 Å². The molecule has 0 radical (unpaired) electrons. The van der Waals surface area contributed by atoms with E-state index in [1.54, 1.807) is 0 Å². The molecule has 0 spiro atoms. The molecule has 1 unspecified atom stereocenters. The first kappa shape index (κ1) is 77.5. The molecular weight excluding hydrogens is 1010 g/mol. The smallest absolute Gasteiger partial charge is 0.306 e. The van der Waals surface area contributed by atoms with Gasteiger partial charge in [0.1, 0.15) is 13.2 Å². The average Bonchev–Trinajstić information content (AvgIpc) is 3.47. The van der Waals surface area contributed by atoms with E-state index in [0.717, 1.165) is 128 Å². The Hall–Kier alpha value is -4.45. The van der Waals surface area contributed by atoms with E-state index < -0.39 is 6.10 Å². The van der Waals surface area contributed by atoms with Gasteiger partial charge in [-0.25, -0.2) is 0 Å². The lowest BCUT2D eigenvalue weighted by atomic mass is 10.0. The summed E-state index contributed by atoms with van der Waals surface area (Å²) in [5.74, 6) is -0.898. The van der Waals surface area contributed by atoms with Gasteiger partial charge in [0.15, 0.2) is 6.10 Å². The molecule has 0 rings (SSSR count). The molecule has 0 N–H and O–H groups in total. The van der Waals surface area contributed by atoms with Crippen molar-refractivity contribution < 1.29 is 28.6 Å². The Kier molecular flexibility index (Phi) is 65.3. The van der Waals surface area contributed by atoms with Crippen LogP contribution in [0.3, 0.4) is 0 Å². The van der Waals surface area contributed by atoms with E-state index in [1.807, 2.05) is 0 Å². The number of rotatable bonds is 61. The van der Waals surface area contributed by atoms with Crippen molar-refractivity contribution >= 4 is 17.9 Å². The first-order valence-corrected chi connectivity index (χ1v) is 34.2. The van der Waals surface area contributed by atoms with Crippen LogP contribution in [0.4, 0.5) is 0 Å². The third kappa shape index (κ3) is 66.4. The van der Waals surface area contributed by atoms with Crippen LogP contribution in [0.2, 0.25) is 0 Å². The minimum absolute atomic E-state index is 0.0866. The van der Waals surface area contributed by atoms with Crippen molar-refractivity contribution in [2.75, 3.05) is 13.2 Å². The summed E-state index contributed by atoms with van der Waals surface area (Å²) in [4.78, 5) is 38.4. The van der Waals surface area contributed by atoms with Crippen LogP contribution < -0.4 is 0 Å². The van der Waals surface area contributed by atoms with Gasteiger partial charge in [0, 0.05) is 19.3 Å². The third-order valence-corrected chi connectivity index (χ3v) is 14.4. The maximum Gasteiger partial charge on any atom is 0.306 e. The highest BCUT2D eigenvalue weighted by Gasteiger charge is 2.19. The monoisotopic (exact) mass is 1130 g/mol. The molecule has 0 aromatic carbocycles. The number of unbranched alkanes of at least 4 members (excludes halogenated alkanes) is 28. The molecule has 0 bridgehead atoms. The number of hydrogen-bond acceptors (Lipinski definition) is 6. The number of ether oxygens (including phenoxy) is 3. The van der Waals surface area contributed by atoms with Gasteiger partial charge in [0.2, 0.25) is 0 Å². The molecule has 0 aliphatic carbocycles. The van der Waals surface area contributed by atoms with Gasteiger partial charge in [-0.3, -0.25) is 14.4 Å². The maximum absolute atomic E-state index is 12.9. The number of carbonyl (C=O) groups excluding carboxylic acids is 3. The molecule has 466 valence electrons. The van der Waals surface area contributed by atoms with Crippen LogP contribution in [0.1, 0.15) is 310 Å². The minimum atomic E-state index is -0.791. The van der Waals surface area contributed by atoms with Crippen LogP contribution in [0.15, 0.2) is 134 Å². The Morgan fingerprint density at radius 2 is 0.476 bits per heavy atom. The Morgan fingerprint density at radius 1 is 0.256 bits per heavy atom. The van der Waals surface area contributed by atoms with Crippen molar-refractivity contribution in [3.05, 3.63) is 134 Å². The molecule has 6 nitrogen and oxygen atoms in total. The Morgan fingerprint density at radius 3 is 0.756 bits per heavy atom. The van der Waals surface area contributed by atoms with E-state index in [9.17, 15) is 14.4 Å². The summed E-state index contributed by atoms with van der Waals surface area (Å²) >= 11 is 0. The average molecular weight is 1140 g/mol. The first-order chi connectivity index (χ1) is 40.5. The fourth-order valence-corrected chi connectivity index (χ4v) is 9.32. The Balaban J connectivity index is 4.30. The summed E-state index contributed by atoms with van der Waals surface area (Å²) in [6.45, 7) is 6.39. The third-order valence-electron chi connectivity index (χ3n) is 14.4. The highest BCUT2D eigenvalue weighted by Crippen LogP contribution is 2.16. The van der Waals surface area contributed by atoms with Crippen LogP contribution in [-0.2, 0) is 28.6 Å². The predicted molar refractivity (Wildman–Crippen MR) is 357 cm³/mol. The van der Waals surface area contributed by atoms with Gasteiger partial charge in [0.25, 0.3) is 0 Å². The second-order valence-corrected chi connectivity index (χ2v) is 22.3. The van der Waals surface area contributed by atoms with Crippen LogP contribution in [0.25, 0.3) is 0 Å². The van der Waals surface area contributed by atoms with Gasteiger partial charge >= 0.3 is 17.9 Å². The Bertz CT molecular complexity index is 1730. The molecule has 0 saturated carbocycles. The lowest BCUT2D eigenvalue weighted by Crippen LogP contribution is -2.30. The van der Waals surface area contributed by atoms with Crippen molar-refractivity contribution in [3.63, 3.8) is 0 Å². The predicted octanol–water partition coefficient (Wildman–Crippen LogP) is 23.7. The zero-order chi connectivity index (χ0) is 59.2. The second kappa shape index (κ2) is 69.0. The van der Waals surface area contributed by atoms with Gasteiger partial charge in [-0.1, -0.05) is 289 Å². The van der Waals surface area contributed by atoms with Crippen molar-refractivity contribution in [3.8, 4) is 0 Å². The van der Waals surface area contributed by atoms with Gasteiger partial charge in [-0.05, 0) is 135 Å². The minimum Gasteiger partial charge on any atom is -0.462 e. The highest BCUT2D eigenvalue weighted by molar-refractivity contribution is 5.71. The fourth-order valence-electron chi connectivity index (χ4n) is 9.32. The molecule has 1 atom stereocenters. The van der Waals surface area contributed by atoms with Crippen LogP contribution in [0.5, 0.6) is 0 Å². The summed E-state index contributed by atoms with van der Waals surface area (Å²) in [7, 11) is 0. The lowest BCUT2D eigenvalue weighted by Gasteiger charge is -2.18. The van der Waals surface area contributed by atoms with Gasteiger partial charge in [-0.15, -0.1) is 0 Å². The van der Waals surface area contributed by atoms with Crippen molar-refractivity contribution in [1.82, 2.24) is 0 Å². The van der Waals surface area contributed by atoms with Crippen molar-refractivity contribution in [2.24, 2.45) is 0 Å². The number of allylic oxidation sites excluding steroid dienone is 22. The summed E-state index contributed by atoms with van der Waals surface area (Å²) < 4.78 is 16.9. The van der Waals surface area contributed by atoms with Crippen LogP contribution in [0, 0.1) is 0 Å². The molecule has 0 aromatic heterocycles. The van der Waals surface area contributed by atoms with Crippen molar-refractivity contribution in [1.29, 1.82) is 0 Å². The van der Waals surface area contributed by atoms with E-state index in [0.29, 0.717) is 19.3 Å². The van der Waals surface area contributed by atoms with Gasteiger partial charge < -0.3 is 14.2 Å². The Labute approximate surface area is 506 Å². The standard InChI is InChI=1S/C76H126O6/c1-4-7-10-13-16-19-22-25-27-29-31-33-35-36-37-38-39-40-42-43-45-47-49-51-54-57-60-63-66-69-75(78)81-72-73(71-80-74(77)68-65-62-59-56-53-24-21-18-15-12-9-6-3)82-76(79)70-67-64-61-58-55-52-50-48-46-44-41-34-32-30-28-26-23-20-17-14-11-8-5-2/h7-8,10-11,16-21,25-28,31-34,36-37,39-40,73H,4-6,9,12-15,22-24,29-30,35,38,41-72H2,1-3H3/b10-7-,11-8-,19-16-,20-17-,21-18-,27-25-,28-26-,33-31-,34-32-,37-36-,40-39-. The largest absolute Gasteiger partial charge is 0.462 e. The van der Waals surface area contributed by atoms with E-state index >= 15 is 0 Å². The van der Waals surface area contributed by atoms with Crippen molar-refractivity contribution in [2.45, 2.75) is 316 Å². The SMILES string of the molecule is CC/C=C\C/C=C\C/C=C\C/C=C\C/C=C\C/C=C\CCCCCCCCCCCCC(=O)OCC(COC(=O)CCCCCCC/C=C\CCCCC)OC(=O)CCCCCCCCCCCC/C=C\C/C=C\C/C=C\C/C=C\CC. The molecular formula is C76H126O6. The summed E-state index contributed by atoms with van der Waals surface area (Å²) in [5.41, 5.74) is 0. The molecule has 0 saturated heterocycles. The van der Waals surface area contributed by atoms with E-state index in [1.165, 1.54) is 141 Å². The molecule has 0 aromatic rings. The molecule has 0 amide bonds. The molecule has 0 aliphatic heterocycles. The zero-order valence-corrected chi connectivity index (χ0v) is 53.5. The fraction of sp³-hybridized carbons (Fsp3) is 0.671. The highest BCUT2D eigenvalue weighted by atomic mass is 16.6.